The summed E-state index contributed by atoms with van der Waals surface area (Å²) in [4.78, 5) is 37.7. The maximum Gasteiger partial charge on any atom is 0.255 e. The molecule has 7 nitrogen and oxygen atoms in total. The van der Waals surface area contributed by atoms with Gasteiger partial charge in [0.05, 0.1) is 0 Å². The molecule has 0 aromatic heterocycles. The number of fused-ring (bicyclic) bond motifs is 1. The molecule has 3 heterocycles. The van der Waals surface area contributed by atoms with Crippen molar-refractivity contribution < 1.29 is 14.4 Å². The largest absolute Gasteiger partial charge is 0.322 e. The van der Waals surface area contributed by atoms with E-state index in [-0.39, 0.29) is 24.1 Å². The Hall–Kier alpha value is -2.25. The minimum absolute atomic E-state index is 0.119. The molecule has 1 aromatic rings. The van der Waals surface area contributed by atoms with E-state index in [9.17, 15) is 14.4 Å². The van der Waals surface area contributed by atoms with Crippen molar-refractivity contribution in [1.29, 1.82) is 0 Å². The number of hydrogen-bond donors (Lipinski definition) is 3. The average molecular weight is 342 g/mol. The van der Waals surface area contributed by atoms with Crippen LogP contribution in [0.15, 0.2) is 18.2 Å². The van der Waals surface area contributed by atoms with Crippen LogP contribution in [0, 0.1) is 0 Å². The van der Waals surface area contributed by atoms with Crippen molar-refractivity contribution in [2.75, 3.05) is 13.1 Å². The summed E-state index contributed by atoms with van der Waals surface area (Å²) < 4.78 is 0. The van der Waals surface area contributed by atoms with Gasteiger partial charge in [0.25, 0.3) is 5.91 Å². The summed E-state index contributed by atoms with van der Waals surface area (Å²) in [6.45, 7) is 3.17. The van der Waals surface area contributed by atoms with Gasteiger partial charge in [-0.3, -0.25) is 19.7 Å². The van der Waals surface area contributed by atoms with E-state index < -0.39 is 6.04 Å². The molecule has 4 rings (SSSR count). The van der Waals surface area contributed by atoms with Crippen LogP contribution < -0.4 is 16.0 Å². The Labute approximate surface area is 146 Å². The summed E-state index contributed by atoms with van der Waals surface area (Å²) in [5.41, 5.74) is 2.68. The number of hydrogen-bond acceptors (Lipinski definition) is 5. The zero-order chi connectivity index (χ0) is 17.4. The normalized spacial score (nSPS) is 25.6. The molecule has 0 bridgehead atoms. The Morgan fingerprint density at radius 2 is 2.04 bits per heavy atom. The molecule has 7 heteroatoms. The zero-order valence-electron chi connectivity index (χ0n) is 14.0. The molecule has 0 saturated carbocycles. The SMILES string of the molecule is O=C1CCC(N2Cc3ccc(CNCC4CCN4)cc3C2=O)C(=O)N1. The Bertz CT molecular complexity index is 729. The lowest BCUT2D eigenvalue weighted by Gasteiger charge is -2.29. The molecule has 0 radical (unpaired) electrons. The van der Waals surface area contributed by atoms with Crippen LogP contribution in [0.4, 0.5) is 0 Å². The van der Waals surface area contributed by atoms with E-state index in [0.29, 0.717) is 24.6 Å². The fraction of sp³-hybridized carbons (Fsp3) is 0.500. The van der Waals surface area contributed by atoms with Crippen LogP contribution in [0.1, 0.15) is 40.7 Å². The van der Waals surface area contributed by atoms with Gasteiger partial charge in [0, 0.05) is 37.7 Å². The van der Waals surface area contributed by atoms with Crippen LogP contribution >= 0.6 is 0 Å². The van der Waals surface area contributed by atoms with Crippen LogP contribution in [0.5, 0.6) is 0 Å². The molecule has 3 N–H and O–H groups in total. The molecule has 2 unspecified atom stereocenters. The number of nitrogens with one attached hydrogen (secondary N) is 3. The third-order valence-electron chi connectivity index (χ3n) is 5.24. The minimum atomic E-state index is -0.552. The highest BCUT2D eigenvalue weighted by molar-refractivity contribution is 6.05. The number of carbonyl (C=O) groups excluding carboxylic acids is 3. The van der Waals surface area contributed by atoms with Gasteiger partial charge in [-0.05, 0) is 36.6 Å². The maximum absolute atomic E-state index is 12.7. The summed E-state index contributed by atoms with van der Waals surface area (Å²) in [5.74, 6) is -0.751. The van der Waals surface area contributed by atoms with E-state index in [2.05, 4.69) is 16.0 Å². The first-order valence-electron chi connectivity index (χ1n) is 8.82. The van der Waals surface area contributed by atoms with Gasteiger partial charge in [0.1, 0.15) is 6.04 Å². The molecule has 2 saturated heterocycles. The van der Waals surface area contributed by atoms with Crippen molar-refractivity contribution in [3.63, 3.8) is 0 Å². The van der Waals surface area contributed by atoms with E-state index in [4.69, 9.17) is 0 Å². The van der Waals surface area contributed by atoms with E-state index >= 15 is 0 Å². The standard InChI is InChI=1S/C18H22N4O3/c23-16-4-3-15(17(24)21-16)22-10-12-2-1-11(7-14(12)18(22)25)8-19-9-13-5-6-20-13/h1-2,7,13,15,19-20H,3-6,8-10H2,(H,21,23,24). The second kappa shape index (κ2) is 6.57. The van der Waals surface area contributed by atoms with Gasteiger partial charge in [0.15, 0.2) is 0 Å². The Kier molecular flexibility index (Phi) is 4.27. The summed E-state index contributed by atoms with van der Waals surface area (Å²) in [6, 6.07) is 5.92. The minimum Gasteiger partial charge on any atom is -0.322 e. The molecule has 0 aliphatic carbocycles. The van der Waals surface area contributed by atoms with E-state index in [1.165, 1.54) is 6.42 Å². The molecule has 0 spiro atoms. The first-order valence-corrected chi connectivity index (χ1v) is 8.82. The van der Waals surface area contributed by atoms with Crippen molar-refractivity contribution in [1.82, 2.24) is 20.9 Å². The molecule has 3 aliphatic rings. The summed E-state index contributed by atoms with van der Waals surface area (Å²) in [5, 5.41) is 9.08. The van der Waals surface area contributed by atoms with Gasteiger partial charge in [-0.1, -0.05) is 12.1 Å². The number of amides is 3. The van der Waals surface area contributed by atoms with Gasteiger partial charge >= 0.3 is 0 Å². The third-order valence-corrected chi connectivity index (χ3v) is 5.24. The van der Waals surface area contributed by atoms with E-state index in [1.54, 1.807) is 4.90 Å². The molecular weight excluding hydrogens is 320 g/mol. The van der Waals surface area contributed by atoms with Gasteiger partial charge in [-0.15, -0.1) is 0 Å². The number of carbonyl (C=O) groups is 3. The van der Waals surface area contributed by atoms with Crippen LogP contribution in [0.2, 0.25) is 0 Å². The summed E-state index contributed by atoms with van der Waals surface area (Å²) >= 11 is 0. The maximum atomic E-state index is 12.7. The number of piperidine rings is 1. The van der Waals surface area contributed by atoms with Crippen molar-refractivity contribution >= 4 is 17.7 Å². The van der Waals surface area contributed by atoms with Crippen molar-refractivity contribution in [3.8, 4) is 0 Å². The lowest BCUT2D eigenvalue weighted by atomic mass is 10.0. The Morgan fingerprint density at radius 3 is 2.76 bits per heavy atom. The molecule has 25 heavy (non-hydrogen) atoms. The zero-order valence-corrected chi connectivity index (χ0v) is 14.0. The van der Waals surface area contributed by atoms with Crippen molar-refractivity contribution in [3.05, 3.63) is 34.9 Å². The number of rotatable bonds is 5. The van der Waals surface area contributed by atoms with Crippen LogP contribution in [0.25, 0.3) is 0 Å². The highest BCUT2D eigenvalue weighted by atomic mass is 16.2. The Morgan fingerprint density at radius 1 is 1.20 bits per heavy atom. The smallest absolute Gasteiger partial charge is 0.255 e. The highest BCUT2D eigenvalue weighted by Crippen LogP contribution is 2.28. The third kappa shape index (κ3) is 3.17. The second-order valence-electron chi connectivity index (χ2n) is 6.96. The number of imide groups is 1. The molecule has 3 amide bonds. The lowest BCUT2D eigenvalue weighted by molar-refractivity contribution is -0.136. The quantitative estimate of drug-likeness (QED) is 0.650. The predicted octanol–water partition coefficient (Wildman–Crippen LogP) is -0.101. The van der Waals surface area contributed by atoms with Crippen LogP contribution in [-0.2, 0) is 22.7 Å². The molecule has 132 valence electrons. The van der Waals surface area contributed by atoms with Crippen molar-refractivity contribution in [2.24, 2.45) is 0 Å². The number of nitrogens with zero attached hydrogens (tertiary/aromatic N) is 1. The fourth-order valence-electron chi connectivity index (χ4n) is 3.63. The van der Waals surface area contributed by atoms with Crippen molar-refractivity contribution in [2.45, 2.75) is 44.4 Å². The topological polar surface area (TPSA) is 90.5 Å². The molecular formula is C18H22N4O3. The molecule has 3 aliphatic heterocycles. The number of benzene rings is 1. The monoisotopic (exact) mass is 342 g/mol. The van der Waals surface area contributed by atoms with Gasteiger partial charge in [-0.2, -0.15) is 0 Å². The van der Waals surface area contributed by atoms with Crippen LogP contribution in [0.3, 0.4) is 0 Å². The fourth-order valence-corrected chi connectivity index (χ4v) is 3.63. The summed E-state index contributed by atoms with van der Waals surface area (Å²) in [7, 11) is 0. The lowest BCUT2D eigenvalue weighted by Crippen LogP contribution is -2.52. The molecule has 1 aromatic carbocycles. The average Bonchev–Trinajstić information content (AvgIpc) is 2.86. The molecule has 2 atom stereocenters. The second-order valence-corrected chi connectivity index (χ2v) is 6.96. The van der Waals surface area contributed by atoms with Gasteiger partial charge in [0.2, 0.25) is 11.8 Å². The highest BCUT2D eigenvalue weighted by Gasteiger charge is 2.39. The predicted molar refractivity (Wildman–Crippen MR) is 90.6 cm³/mol. The first kappa shape index (κ1) is 16.2. The first-order chi connectivity index (χ1) is 12.1. The molecule has 2 fully saturated rings. The van der Waals surface area contributed by atoms with Gasteiger partial charge < -0.3 is 15.5 Å². The summed E-state index contributed by atoms with van der Waals surface area (Å²) in [6.07, 6.45) is 1.88. The Balaban J connectivity index is 1.42. The van der Waals surface area contributed by atoms with Gasteiger partial charge in [-0.25, -0.2) is 0 Å². The van der Waals surface area contributed by atoms with E-state index in [1.807, 2.05) is 18.2 Å². The van der Waals surface area contributed by atoms with E-state index in [0.717, 1.165) is 30.8 Å². The van der Waals surface area contributed by atoms with Crippen LogP contribution in [-0.4, -0.2) is 47.8 Å².